The highest BCUT2D eigenvalue weighted by Gasteiger charge is 2.25. The molecule has 0 radical (unpaired) electrons. The normalized spacial score (nSPS) is 14.4. The van der Waals surface area contributed by atoms with Gasteiger partial charge in [-0.2, -0.15) is 0 Å². The van der Waals surface area contributed by atoms with E-state index < -0.39 is 0 Å². The average molecular weight is 390 g/mol. The predicted molar refractivity (Wildman–Crippen MR) is 104 cm³/mol. The number of carbonyl (C=O) groups is 2. The summed E-state index contributed by atoms with van der Waals surface area (Å²) < 4.78 is 5.15. The topological polar surface area (TPSA) is 65.8 Å². The number of hydrogen-bond acceptors (Lipinski definition) is 4. The molecule has 6 nitrogen and oxygen atoms in total. The number of benzene rings is 1. The zero-order chi connectivity index (χ0) is 19.1. The second-order valence-corrected chi connectivity index (χ2v) is 6.96. The van der Waals surface area contributed by atoms with E-state index in [1.807, 2.05) is 29.2 Å². The number of amides is 2. The Kier molecular flexibility index (Phi) is 6.90. The molecule has 0 bridgehead atoms. The van der Waals surface area contributed by atoms with Crippen molar-refractivity contribution in [1.82, 2.24) is 15.1 Å². The maximum Gasteiger partial charge on any atom is 0.289 e. The monoisotopic (exact) mass is 389 g/mol. The Hall–Kier alpha value is -2.31. The first-order valence-corrected chi connectivity index (χ1v) is 9.57. The van der Waals surface area contributed by atoms with Crippen molar-refractivity contribution in [2.45, 2.75) is 12.8 Å². The highest BCUT2D eigenvalue weighted by atomic mass is 35.5. The quantitative estimate of drug-likeness (QED) is 0.739. The van der Waals surface area contributed by atoms with E-state index in [9.17, 15) is 9.59 Å². The third-order valence-corrected chi connectivity index (χ3v) is 4.92. The number of halogens is 1. The van der Waals surface area contributed by atoms with E-state index >= 15 is 0 Å². The van der Waals surface area contributed by atoms with Crippen LogP contribution in [0.1, 0.15) is 22.5 Å². The van der Waals surface area contributed by atoms with Gasteiger partial charge in [-0.1, -0.05) is 23.7 Å². The zero-order valence-corrected chi connectivity index (χ0v) is 16.0. The number of rotatable bonds is 7. The molecule has 2 amide bonds. The molecule has 0 aliphatic carbocycles. The van der Waals surface area contributed by atoms with Crippen molar-refractivity contribution in [3.63, 3.8) is 0 Å². The molecule has 1 aliphatic heterocycles. The minimum Gasteiger partial charge on any atom is -0.459 e. The van der Waals surface area contributed by atoms with E-state index in [4.69, 9.17) is 16.0 Å². The van der Waals surface area contributed by atoms with Crippen LogP contribution in [-0.2, 0) is 11.2 Å². The molecule has 0 saturated carbocycles. The summed E-state index contributed by atoms with van der Waals surface area (Å²) in [6.07, 6.45) is 2.86. The van der Waals surface area contributed by atoms with Gasteiger partial charge in [0.15, 0.2) is 5.76 Å². The van der Waals surface area contributed by atoms with E-state index in [1.54, 1.807) is 17.0 Å². The Bertz CT molecular complexity index is 738. The molecule has 7 heteroatoms. The predicted octanol–water partition coefficient (Wildman–Crippen LogP) is 2.44. The smallest absolute Gasteiger partial charge is 0.289 e. The van der Waals surface area contributed by atoms with Gasteiger partial charge in [-0.3, -0.25) is 9.59 Å². The number of hydrogen-bond donors (Lipinski definition) is 1. The maximum atomic E-state index is 12.3. The van der Waals surface area contributed by atoms with Crippen molar-refractivity contribution in [2.75, 3.05) is 39.3 Å². The summed E-state index contributed by atoms with van der Waals surface area (Å²) in [7, 11) is 0. The number of carbonyl (C=O) groups excluding carboxylic acids is 2. The molecule has 0 spiro atoms. The number of nitrogens with zero attached hydrogens (tertiary/aromatic N) is 2. The largest absolute Gasteiger partial charge is 0.459 e. The van der Waals surface area contributed by atoms with Crippen LogP contribution < -0.4 is 5.32 Å². The lowest BCUT2D eigenvalue weighted by Crippen LogP contribution is -2.50. The SMILES string of the molecule is O=C(CCNCCc1ccc(Cl)cc1)N1CCN(C(=O)c2ccco2)CC1. The first-order chi connectivity index (χ1) is 13.1. The summed E-state index contributed by atoms with van der Waals surface area (Å²) in [6.45, 7) is 3.68. The van der Waals surface area contributed by atoms with Crippen LogP contribution in [0.15, 0.2) is 47.1 Å². The van der Waals surface area contributed by atoms with Crippen molar-refractivity contribution >= 4 is 23.4 Å². The lowest BCUT2D eigenvalue weighted by atomic mass is 10.1. The van der Waals surface area contributed by atoms with Gasteiger partial charge in [-0.05, 0) is 42.8 Å². The molecule has 2 heterocycles. The number of nitrogens with one attached hydrogen (secondary N) is 1. The van der Waals surface area contributed by atoms with Crippen LogP contribution in [-0.4, -0.2) is 60.9 Å². The van der Waals surface area contributed by atoms with Crippen LogP contribution in [0, 0.1) is 0 Å². The molecule has 2 aromatic rings. The third-order valence-electron chi connectivity index (χ3n) is 4.67. The fourth-order valence-electron chi connectivity index (χ4n) is 3.08. The zero-order valence-electron chi connectivity index (χ0n) is 15.2. The minimum absolute atomic E-state index is 0.115. The van der Waals surface area contributed by atoms with E-state index in [2.05, 4.69) is 5.32 Å². The first-order valence-electron chi connectivity index (χ1n) is 9.19. The molecule has 1 N–H and O–H groups in total. The van der Waals surface area contributed by atoms with Gasteiger partial charge in [-0.15, -0.1) is 0 Å². The molecular formula is C20H24ClN3O3. The fraction of sp³-hybridized carbons (Fsp3) is 0.400. The third kappa shape index (κ3) is 5.58. The molecular weight excluding hydrogens is 366 g/mol. The van der Waals surface area contributed by atoms with Gasteiger partial charge in [0.1, 0.15) is 0 Å². The summed E-state index contributed by atoms with van der Waals surface area (Å²) in [6, 6.07) is 11.2. The summed E-state index contributed by atoms with van der Waals surface area (Å²) in [5.41, 5.74) is 1.22. The molecule has 0 unspecified atom stereocenters. The van der Waals surface area contributed by atoms with Crippen molar-refractivity contribution in [2.24, 2.45) is 0 Å². The average Bonchev–Trinajstić information content (AvgIpc) is 3.23. The van der Waals surface area contributed by atoms with Crippen molar-refractivity contribution in [1.29, 1.82) is 0 Å². The molecule has 1 aliphatic rings. The van der Waals surface area contributed by atoms with Crippen LogP contribution in [0.25, 0.3) is 0 Å². The van der Waals surface area contributed by atoms with E-state index in [0.29, 0.717) is 44.9 Å². The van der Waals surface area contributed by atoms with Gasteiger partial charge in [-0.25, -0.2) is 0 Å². The molecule has 1 saturated heterocycles. The van der Waals surface area contributed by atoms with E-state index in [1.165, 1.54) is 11.8 Å². The van der Waals surface area contributed by atoms with Gasteiger partial charge in [0, 0.05) is 44.2 Å². The summed E-state index contributed by atoms with van der Waals surface area (Å²) >= 11 is 5.87. The maximum absolute atomic E-state index is 12.3. The number of piperazine rings is 1. The highest BCUT2D eigenvalue weighted by Crippen LogP contribution is 2.11. The van der Waals surface area contributed by atoms with Crippen molar-refractivity contribution in [3.05, 3.63) is 59.0 Å². The Labute approximate surface area is 164 Å². The summed E-state index contributed by atoms with van der Waals surface area (Å²) in [5.74, 6) is 0.356. The molecule has 27 heavy (non-hydrogen) atoms. The Morgan fingerprint density at radius 1 is 1.00 bits per heavy atom. The van der Waals surface area contributed by atoms with E-state index in [0.717, 1.165) is 18.0 Å². The van der Waals surface area contributed by atoms with Crippen LogP contribution in [0.4, 0.5) is 0 Å². The molecule has 1 aromatic heterocycles. The van der Waals surface area contributed by atoms with Crippen LogP contribution in [0.3, 0.4) is 0 Å². The lowest BCUT2D eigenvalue weighted by molar-refractivity contribution is -0.132. The Morgan fingerprint density at radius 2 is 1.70 bits per heavy atom. The van der Waals surface area contributed by atoms with Gasteiger partial charge in [0.05, 0.1) is 6.26 Å². The second kappa shape index (κ2) is 9.58. The molecule has 1 aromatic carbocycles. The molecule has 144 valence electrons. The van der Waals surface area contributed by atoms with Crippen LogP contribution >= 0.6 is 11.6 Å². The van der Waals surface area contributed by atoms with Crippen molar-refractivity contribution in [3.8, 4) is 0 Å². The minimum atomic E-state index is -0.115. The molecule has 3 rings (SSSR count). The van der Waals surface area contributed by atoms with Crippen molar-refractivity contribution < 1.29 is 14.0 Å². The van der Waals surface area contributed by atoms with Gasteiger partial charge < -0.3 is 19.5 Å². The number of furan rings is 1. The molecule has 1 fully saturated rings. The highest BCUT2D eigenvalue weighted by molar-refractivity contribution is 6.30. The lowest BCUT2D eigenvalue weighted by Gasteiger charge is -2.34. The second-order valence-electron chi connectivity index (χ2n) is 6.53. The van der Waals surface area contributed by atoms with Crippen LogP contribution in [0.2, 0.25) is 5.02 Å². The Balaban J connectivity index is 1.31. The standard InChI is InChI=1S/C20H24ClN3O3/c21-17-5-3-16(4-6-17)7-9-22-10-8-19(25)23-11-13-24(14-12-23)20(26)18-2-1-15-27-18/h1-6,15,22H,7-14H2. The van der Waals surface area contributed by atoms with Gasteiger partial charge >= 0.3 is 0 Å². The summed E-state index contributed by atoms with van der Waals surface area (Å²) in [4.78, 5) is 28.1. The Morgan fingerprint density at radius 3 is 2.37 bits per heavy atom. The molecule has 0 atom stereocenters. The van der Waals surface area contributed by atoms with Gasteiger partial charge in [0.25, 0.3) is 5.91 Å². The van der Waals surface area contributed by atoms with E-state index in [-0.39, 0.29) is 11.8 Å². The first kappa shape index (κ1) is 19.5. The van der Waals surface area contributed by atoms with Crippen LogP contribution in [0.5, 0.6) is 0 Å². The fourth-order valence-corrected chi connectivity index (χ4v) is 3.20. The summed E-state index contributed by atoms with van der Waals surface area (Å²) in [5, 5.41) is 4.05. The van der Waals surface area contributed by atoms with Gasteiger partial charge in [0.2, 0.25) is 5.91 Å².